The second-order valence-corrected chi connectivity index (χ2v) is 3.09. The number of nitrogens with zero attached hydrogens (tertiary/aromatic N) is 1. The van der Waals surface area contributed by atoms with Crippen molar-refractivity contribution in [1.82, 2.24) is 0 Å². The quantitative estimate of drug-likeness (QED) is 0.643. The molecule has 0 aliphatic carbocycles. The largest absolute Gasteiger partial charge is 0.402 e. The van der Waals surface area contributed by atoms with E-state index in [2.05, 4.69) is 4.99 Å². The van der Waals surface area contributed by atoms with Crippen LogP contribution in [0.2, 0.25) is 0 Å². The summed E-state index contributed by atoms with van der Waals surface area (Å²) >= 11 is 0. The Kier molecular flexibility index (Phi) is 3.92. The van der Waals surface area contributed by atoms with Crippen LogP contribution in [0.15, 0.2) is 16.8 Å². The Balaban J connectivity index is 2.43. The van der Waals surface area contributed by atoms with Crippen LogP contribution in [0.1, 0.15) is 6.92 Å². The van der Waals surface area contributed by atoms with Gasteiger partial charge >= 0.3 is 0 Å². The molecule has 4 nitrogen and oxygen atoms in total. The van der Waals surface area contributed by atoms with Gasteiger partial charge in [0.25, 0.3) is 0 Å². The summed E-state index contributed by atoms with van der Waals surface area (Å²) in [5, 5.41) is 0. The Morgan fingerprint density at radius 2 is 2.38 bits per heavy atom. The maximum atomic E-state index is 5.45. The number of rotatable bonds is 3. The zero-order chi connectivity index (χ0) is 9.68. The number of methoxy groups -OCH3 is 1. The average Bonchev–Trinajstić information content (AvgIpc) is 2.51. The summed E-state index contributed by atoms with van der Waals surface area (Å²) in [5.41, 5.74) is 6.20. The summed E-state index contributed by atoms with van der Waals surface area (Å²) < 4.78 is 10.4. The summed E-state index contributed by atoms with van der Waals surface area (Å²) in [5.74, 6) is 0. The first kappa shape index (κ1) is 10.2. The SMILES string of the molecule is CO[C@H]1COCC1N=C/C=C(/C)N. The van der Waals surface area contributed by atoms with Crippen molar-refractivity contribution in [3.8, 4) is 0 Å². The molecule has 0 spiro atoms. The van der Waals surface area contributed by atoms with Crippen LogP contribution in [0.4, 0.5) is 0 Å². The highest BCUT2D eigenvalue weighted by Gasteiger charge is 2.26. The molecule has 1 saturated heterocycles. The summed E-state index contributed by atoms with van der Waals surface area (Å²) in [6.45, 7) is 3.08. The Bertz CT molecular complexity index is 210. The number of hydrogen-bond acceptors (Lipinski definition) is 4. The number of aliphatic imine (C=N–C) groups is 1. The van der Waals surface area contributed by atoms with E-state index in [0.717, 1.165) is 5.70 Å². The Morgan fingerprint density at radius 3 is 3.00 bits per heavy atom. The lowest BCUT2D eigenvalue weighted by Crippen LogP contribution is -2.24. The van der Waals surface area contributed by atoms with Crippen molar-refractivity contribution in [3.05, 3.63) is 11.8 Å². The van der Waals surface area contributed by atoms with E-state index in [1.54, 1.807) is 19.4 Å². The van der Waals surface area contributed by atoms with Crippen LogP contribution in [0, 0.1) is 0 Å². The highest BCUT2D eigenvalue weighted by atomic mass is 16.5. The molecule has 1 fully saturated rings. The highest BCUT2D eigenvalue weighted by Crippen LogP contribution is 2.11. The third kappa shape index (κ3) is 3.16. The number of allylic oxidation sites excluding steroid dienone is 2. The topological polar surface area (TPSA) is 56.8 Å². The van der Waals surface area contributed by atoms with Crippen LogP contribution in [0.25, 0.3) is 0 Å². The molecule has 2 N–H and O–H groups in total. The molecule has 1 aliphatic heterocycles. The summed E-state index contributed by atoms with van der Waals surface area (Å²) in [7, 11) is 1.67. The molecule has 0 aromatic carbocycles. The van der Waals surface area contributed by atoms with Crippen molar-refractivity contribution in [1.29, 1.82) is 0 Å². The lowest BCUT2D eigenvalue weighted by atomic mass is 10.2. The van der Waals surface area contributed by atoms with Gasteiger partial charge in [-0.1, -0.05) is 0 Å². The van der Waals surface area contributed by atoms with Gasteiger partial charge in [-0.3, -0.25) is 4.99 Å². The van der Waals surface area contributed by atoms with E-state index in [-0.39, 0.29) is 12.1 Å². The van der Waals surface area contributed by atoms with Crippen LogP contribution in [0.3, 0.4) is 0 Å². The fourth-order valence-corrected chi connectivity index (χ4v) is 1.16. The number of ether oxygens (including phenoxy) is 2. The Morgan fingerprint density at radius 1 is 1.62 bits per heavy atom. The Hall–Kier alpha value is -0.870. The van der Waals surface area contributed by atoms with Gasteiger partial charge in [-0.2, -0.15) is 0 Å². The van der Waals surface area contributed by atoms with Gasteiger partial charge in [0.2, 0.25) is 0 Å². The zero-order valence-corrected chi connectivity index (χ0v) is 8.06. The molecule has 1 rings (SSSR count). The lowest BCUT2D eigenvalue weighted by Gasteiger charge is -2.10. The predicted octanol–water partition coefficient (Wildman–Crippen LogP) is 0.334. The standard InChI is InChI=1S/C9H16N2O2/c1-7(10)3-4-11-8-5-13-6-9(8)12-2/h3-4,8-9H,5-6,10H2,1-2H3/b7-3-,11-4?/t8?,9-/m0/s1. The smallest absolute Gasteiger partial charge is 0.105 e. The third-order valence-electron chi connectivity index (χ3n) is 1.92. The molecule has 1 unspecified atom stereocenters. The third-order valence-corrected chi connectivity index (χ3v) is 1.92. The second-order valence-electron chi connectivity index (χ2n) is 3.09. The van der Waals surface area contributed by atoms with Crippen LogP contribution in [0.5, 0.6) is 0 Å². The molecule has 1 aliphatic rings. The minimum atomic E-state index is 0.0859. The van der Waals surface area contributed by atoms with E-state index in [4.69, 9.17) is 15.2 Å². The van der Waals surface area contributed by atoms with Gasteiger partial charge < -0.3 is 15.2 Å². The zero-order valence-electron chi connectivity index (χ0n) is 8.06. The molecule has 0 amide bonds. The molecular weight excluding hydrogens is 168 g/mol. The van der Waals surface area contributed by atoms with Gasteiger partial charge in [-0.05, 0) is 13.0 Å². The van der Waals surface area contributed by atoms with Gasteiger partial charge in [-0.25, -0.2) is 0 Å². The van der Waals surface area contributed by atoms with Crippen molar-refractivity contribution in [3.63, 3.8) is 0 Å². The molecule has 4 heteroatoms. The minimum absolute atomic E-state index is 0.0859. The maximum absolute atomic E-state index is 5.45. The molecule has 2 atom stereocenters. The van der Waals surface area contributed by atoms with Crippen molar-refractivity contribution in [2.75, 3.05) is 20.3 Å². The Labute approximate surface area is 78.4 Å². The van der Waals surface area contributed by atoms with Crippen LogP contribution in [-0.2, 0) is 9.47 Å². The molecule has 0 bridgehead atoms. The van der Waals surface area contributed by atoms with Crippen LogP contribution < -0.4 is 5.73 Å². The van der Waals surface area contributed by atoms with Gasteiger partial charge in [0.1, 0.15) is 12.1 Å². The van der Waals surface area contributed by atoms with E-state index in [1.807, 2.05) is 6.92 Å². The monoisotopic (exact) mass is 184 g/mol. The van der Waals surface area contributed by atoms with Crippen molar-refractivity contribution < 1.29 is 9.47 Å². The molecule has 1 heterocycles. The van der Waals surface area contributed by atoms with E-state index in [9.17, 15) is 0 Å². The molecule has 13 heavy (non-hydrogen) atoms. The van der Waals surface area contributed by atoms with Gasteiger partial charge in [0.15, 0.2) is 0 Å². The van der Waals surface area contributed by atoms with Gasteiger partial charge in [0, 0.05) is 19.0 Å². The van der Waals surface area contributed by atoms with E-state index >= 15 is 0 Å². The van der Waals surface area contributed by atoms with Crippen molar-refractivity contribution in [2.24, 2.45) is 10.7 Å². The fourth-order valence-electron chi connectivity index (χ4n) is 1.16. The first-order valence-electron chi connectivity index (χ1n) is 4.30. The lowest BCUT2D eigenvalue weighted by molar-refractivity contribution is 0.0780. The molecule has 0 aromatic heterocycles. The molecule has 74 valence electrons. The second kappa shape index (κ2) is 4.99. The van der Waals surface area contributed by atoms with Crippen LogP contribution >= 0.6 is 0 Å². The van der Waals surface area contributed by atoms with Crippen LogP contribution in [-0.4, -0.2) is 38.7 Å². The van der Waals surface area contributed by atoms with E-state index in [0.29, 0.717) is 13.2 Å². The first-order chi connectivity index (χ1) is 6.24. The molecular formula is C9H16N2O2. The first-order valence-corrected chi connectivity index (χ1v) is 4.30. The summed E-state index contributed by atoms with van der Waals surface area (Å²) in [6, 6.07) is 0.112. The number of hydrogen-bond donors (Lipinski definition) is 1. The highest BCUT2D eigenvalue weighted by molar-refractivity contribution is 5.72. The molecule has 0 radical (unpaired) electrons. The molecule has 0 aromatic rings. The van der Waals surface area contributed by atoms with Gasteiger partial charge in [-0.15, -0.1) is 0 Å². The number of nitrogens with two attached hydrogens (primary N) is 1. The summed E-state index contributed by atoms with van der Waals surface area (Å²) in [6.07, 6.45) is 3.56. The summed E-state index contributed by atoms with van der Waals surface area (Å²) in [4.78, 5) is 4.28. The van der Waals surface area contributed by atoms with E-state index < -0.39 is 0 Å². The minimum Gasteiger partial charge on any atom is -0.402 e. The predicted molar refractivity (Wildman–Crippen MR) is 51.8 cm³/mol. The molecule has 0 saturated carbocycles. The van der Waals surface area contributed by atoms with Crippen molar-refractivity contribution in [2.45, 2.75) is 19.1 Å². The van der Waals surface area contributed by atoms with E-state index in [1.165, 1.54) is 0 Å². The average molecular weight is 184 g/mol. The van der Waals surface area contributed by atoms with Crippen molar-refractivity contribution >= 4 is 6.21 Å². The maximum Gasteiger partial charge on any atom is 0.105 e. The van der Waals surface area contributed by atoms with Gasteiger partial charge in [0.05, 0.1) is 13.2 Å². The normalized spacial score (nSPS) is 30.2. The fraction of sp³-hybridized carbons (Fsp3) is 0.667.